The van der Waals surface area contributed by atoms with Gasteiger partial charge >= 0.3 is 0 Å². The number of nitrogen functional groups attached to an aromatic ring is 1. The van der Waals surface area contributed by atoms with Gasteiger partial charge in [-0.05, 0) is 31.2 Å². The predicted molar refractivity (Wildman–Crippen MR) is 119 cm³/mol. The molecule has 0 bridgehead atoms. The Kier molecular flexibility index (Phi) is 5.09. The molecule has 30 heavy (non-hydrogen) atoms. The van der Waals surface area contributed by atoms with Crippen LogP contribution in [0.15, 0.2) is 59.5 Å². The second-order valence-corrected chi connectivity index (χ2v) is 6.99. The van der Waals surface area contributed by atoms with Gasteiger partial charge in [0, 0.05) is 0 Å². The van der Waals surface area contributed by atoms with Crippen molar-refractivity contribution < 1.29 is 0 Å². The van der Waals surface area contributed by atoms with Crippen molar-refractivity contribution in [2.24, 2.45) is 0 Å². The number of halogens is 1. The normalized spacial score (nSPS) is 11.8. The smallest absolute Gasteiger partial charge is 0.267 e. The Bertz CT molecular complexity index is 1340. The molecule has 0 saturated carbocycles. The van der Waals surface area contributed by atoms with Crippen molar-refractivity contribution in [2.45, 2.75) is 13.0 Å². The van der Waals surface area contributed by atoms with Crippen molar-refractivity contribution in [3.63, 3.8) is 0 Å². The third-order valence-corrected chi connectivity index (χ3v) is 4.91. The number of fused-ring (bicyclic) bond motifs is 1. The van der Waals surface area contributed by atoms with Crippen LogP contribution in [-0.4, -0.2) is 19.5 Å². The van der Waals surface area contributed by atoms with Crippen LogP contribution in [0.3, 0.4) is 0 Å². The molecule has 2 aromatic carbocycles. The van der Waals surface area contributed by atoms with Gasteiger partial charge in [0.1, 0.15) is 11.6 Å². The molecule has 8 heteroatoms. The number of nitrogens with two attached hydrogens (primary N) is 1. The summed E-state index contributed by atoms with van der Waals surface area (Å²) in [7, 11) is 0. The average Bonchev–Trinajstić information content (AvgIpc) is 2.74. The van der Waals surface area contributed by atoms with Gasteiger partial charge in [-0.2, -0.15) is 4.98 Å². The SMILES string of the molecule is C#Cc1cnc(N)nc1N[C@@H](C)c1nc2cccc(Cl)c2c(=O)n1-c1ccccc1. The Labute approximate surface area is 177 Å². The Morgan fingerprint density at radius 3 is 2.67 bits per heavy atom. The van der Waals surface area contributed by atoms with Crippen molar-refractivity contribution in [3.8, 4) is 18.0 Å². The van der Waals surface area contributed by atoms with Gasteiger partial charge in [-0.15, -0.1) is 6.42 Å². The van der Waals surface area contributed by atoms with Crippen LogP contribution in [-0.2, 0) is 0 Å². The van der Waals surface area contributed by atoms with Gasteiger partial charge in [0.05, 0.1) is 39.4 Å². The van der Waals surface area contributed by atoms with E-state index in [1.165, 1.54) is 10.8 Å². The summed E-state index contributed by atoms with van der Waals surface area (Å²) in [6.45, 7) is 1.86. The predicted octanol–water partition coefficient (Wildman–Crippen LogP) is 3.57. The van der Waals surface area contributed by atoms with E-state index in [-0.39, 0.29) is 11.5 Å². The van der Waals surface area contributed by atoms with Crippen LogP contribution in [0.25, 0.3) is 16.6 Å². The topological polar surface area (TPSA) is 98.7 Å². The fourth-order valence-corrected chi connectivity index (χ4v) is 3.46. The van der Waals surface area contributed by atoms with Crippen LogP contribution in [0.4, 0.5) is 11.8 Å². The highest BCUT2D eigenvalue weighted by molar-refractivity contribution is 6.35. The van der Waals surface area contributed by atoms with E-state index in [9.17, 15) is 4.79 Å². The molecule has 0 fully saturated rings. The van der Waals surface area contributed by atoms with E-state index in [0.29, 0.717) is 38.8 Å². The summed E-state index contributed by atoms with van der Waals surface area (Å²) in [5.74, 6) is 3.47. The summed E-state index contributed by atoms with van der Waals surface area (Å²) in [6, 6.07) is 14.0. The van der Waals surface area contributed by atoms with E-state index in [4.69, 9.17) is 28.7 Å². The molecule has 0 aliphatic heterocycles. The van der Waals surface area contributed by atoms with Crippen molar-refractivity contribution in [1.82, 2.24) is 19.5 Å². The average molecular weight is 417 g/mol. The molecule has 0 radical (unpaired) electrons. The molecule has 0 spiro atoms. The first-order chi connectivity index (χ1) is 14.5. The molecule has 7 nitrogen and oxygen atoms in total. The fraction of sp³-hybridized carbons (Fsp3) is 0.0909. The number of hydrogen-bond acceptors (Lipinski definition) is 6. The van der Waals surface area contributed by atoms with Gasteiger partial charge in [0.2, 0.25) is 5.95 Å². The summed E-state index contributed by atoms with van der Waals surface area (Å²) < 4.78 is 1.53. The maximum Gasteiger partial charge on any atom is 0.267 e. The molecule has 0 aliphatic carbocycles. The zero-order chi connectivity index (χ0) is 21.3. The highest BCUT2D eigenvalue weighted by Gasteiger charge is 2.20. The van der Waals surface area contributed by atoms with E-state index in [0.717, 1.165) is 0 Å². The number of para-hydroxylation sites is 1. The number of aromatic nitrogens is 4. The molecule has 0 unspecified atom stereocenters. The lowest BCUT2D eigenvalue weighted by atomic mass is 10.2. The standard InChI is InChI=1S/C22H17ClN6O/c1-3-14-12-25-22(24)28-19(14)26-13(2)20-27-17-11-7-10-16(23)18(17)21(30)29(20)15-8-5-4-6-9-15/h1,4-13H,2H3,(H3,24,25,26,28)/t13-/m0/s1. The second kappa shape index (κ2) is 7.85. The molecule has 4 rings (SSSR count). The van der Waals surface area contributed by atoms with Crippen molar-refractivity contribution in [3.05, 3.63) is 81.5 Å². The van der Waals surface area contributed by atoms with Crippen LogP contribution in [0.2, 0.25) is 5.02 Å². The van der Waals surface area contributed by atoms with Gasteiger partial charge in [-0.1, -0.05) is 41.8 Å². The third-order valence-electron chi connectivity index (χ3n) is 4.59. The minimum Gasteiger partial charge on any atom is -0.368 e. The van der Waals surface area contributed by atoms with Crippen LogP contribution in [0.1, 0.15) is 24.4 Å². The van der Waals surface area contributed by atoms with Gasteiger partial charge in [0.25, 0.3) is 5.56 Å². The molecule has 148 valence electrons. The molecule has 0 saturated heterocycles. The summed E-state index contributed by atoms with van der Waals surface area (Å²) >= 11 is 6.32. The molecule has 4 aromatic rings. The molecule has 2 aromatic heterocycles. The number of nitrogens with one attached hydrogen (secondary N) is 1. The van der Waals surface area contributed by atoms with Gasteiger partial charge < -0.3 is 11.1 Å². The molecular formula is C22H17ClN6O. The Hall–Kier alpha value is -3.89. The Morgan fingerprint density at radius 2 is 1.93 bits per heavy atom. The van der Waals surface area contributed by atoms with E-state index in [1.54, 1.807) is 18.2 Å². The van der Waals surface area contributed by atoms with Crippen LogP contribution in [0.5, 0.6) is 0 Å². The lowest BCUT2D eigenvalue weighted by Gasteiger charge is -2.20. The first kappa shape index (κ1) is 19.4. The molecular weight excluding hydrogens is 400 g/mol. The first-order valence-electron chi connectivity index (χ1n) is 9.12. The summed E-state index contributed by atoms with van der Waals surface area (Å²) in [6.07, 6.45) is 7.02. The number of terminal acetylenes is 1. The van der Waals surface area contributed by atoms with Crippen LogP contribution in [0, 0.1) is 12.3 Å². The summed E-state index contributed by atoms with van der Waals surface area (Å²) in [5.41, 5.74) is 7.07. The van der Waals surface area contributed by atoms with Crippen molar-refractivity contribution in [1.29, 1.82) is 0 Å². The number of rotatable bonds is 4. The largest absolute Gasteiger partial charge is 0.368 e. The minimum atomic E-state index is -0.442. The molecule has 3 N–H and O–H groups in total. The van der Waals surface area contributed by atoms with E-state index in [2.05, 4.69) is 21.2 Å². The number of nitrogens with zero attached hydrogens (tertiary/aromatic N) is 4. The minimum absolute atomic E-state index is 0.0856. The van der Waals surface area contributed by atoms with Gasteiger partial charge in [-0.3, -0.25) is 9.36 Å². The van der Waals surface area contributed by atoms with Gasteiger partial charge in [0.15, 0.2) is 0 Å². The Balaban J connectivity index is 1.93. The van der Waals surface area contributed by atoms with E-state index < -0.39 is 6.04 Å². The first-order valence-corrected chi connectivity index (χ1v) is 9.49. The van der Waals surface area contributed by atoms with Crippen LogP contribution < -0.4 is 16.6 Å². The maximum atomic E-state index is 13.4. The molecule has 1 atom stereocenters. The quantitative estimate of drug-likeness (QED) is 0.493. The van der Waals surface area contributed by atoms with E-state index >= 15 is 0 Å². The second-order valence-electron chi connectivity index (χ2n) is 6.58. The van der Waals surface area contributed by atoms with Gasteiger partial charge in [-0.25, -0.2) is 9.97 Å². The lowest BCUT2D eigenvalue weighted by molar-refractivity contribution is 0.730. The zero-order valence-electron chi connectivity index (χ0n) is 16.0. The summed E-state index contributed by atoms with van der Waals surface area (Å²) in [5, 5.41) is 3.91. The maximum absolute atomic E-state index is 13.4. The molecule has 0 aliphatic rings. The number of benzene rings is 2. The molecule has 2 heterocycles. The Morgan fingerprint density at radius 1 is 1.17 bits per heavy atom. The summed E-state index contributed by atoms with van der Waals surface area (Å²) in [4.78, 5) is 26.3. The monoisotopic (exact) mass is 416 g/mol. The number of hydrogen-bond donors (Lipinski definition) is 2. The zero-order valence-corrected chi connectivity index (χ0v) is 16.8. The third kappa shape index (κ3) is 3.45. The number of anilines is 2. The molecule has 0 amide bonds. The fourth-order valence-electron chi connectivity index (χ4n) is 3.20. The highest BCUT2D eigenvalue weighted by Crippen LogP contribution is 2.25. The van der Waals surface area contributed by atoms with Crippen LogP contribution >= 0.6 is 11.6 Å². The highest BCUT2D eigenvalue weighted by atomic mass is 35.5. The van der Waals surface area contributed by atoms with Crippen molar-refractivity contribution >= 4 is 34.3 Å². The van der Waals surface area contributed by atoms with E-state index in [1.807, 2.05) is 37.3 Å². The van der Waals surface area contributed by atoms with Crippen molar-refractivity contribution in [2.75, 3.05) is 11.1 Å². The lowest BCUT2D eigenvalue weighted by Crippen LogP contribution is -2.27.